The molecule has 0 saturated carbocycles. The molecule has 1 N–H and O–H groups in total. The van der Waals surface area contributed by atoms with Crippen LogP contribution < -0.4 is 0 Å². The zero-order valence-corrected chi connectivity index (χ0v) is 10.8. The van der Waals surface area contributed by atoms with Crippen LogP contribution in [0.25, 0.3) is 0 Å². The maximum absolute atomic E-state index is 12.1. The summed E-state index contributed by atoms with van der Waals surface area (Å²) in [6.07, 6.45) is 0.256. The maximum atomic E-state index is 12.1. The number of amides is 1. The minimum atomic E-state index is -0.393. The van der Waals surface area contributed by atoms with Crippen molar-refractivity contribution in [1.29, 1.82) is 0 Å². The van der Waals surface area contributed by atoms with Crippen molar-refractivity contribution in [3.8, 4) is 0 Å². The molecule has 5 heteroatoms. The molecule has 1 aliphatic heterocycles. The van der Waals surface area contributed by atoms with Gasteiger partial charge in [-0.3, -0.25) is 4.79 Å². The Morgan fingerprint density at radius 2 is 2.31 bits per heavy atom. The van der Waals surface area contributed by atoms with Crippen molar-refractivity contribution in [2.24, 2.45) is 0 Å². The van der Waals surface area contributed by atoms with Gasteiger partial charge in [0, 0.05) is 22.6 Å². The number of halogens is 2. The Kier molecular flexibility index (Phi) is 3.52. The van der Waals surface area contributed by atoms with Crippen LogP contribution in [0, 0.1) is 0 Å². The van der Waals surface area contributed by atoms with Crippen molar-refractivity contribution >= 4 is 33.4 Å². The summed E-state index contributed by atoms with van der Waals surface area (Å²) in [7, 11) is 0. The number of aliphatic hydroxyl groups is 1. The molecular formula is C11H11BrClNO2. The third-order valence-corrected chi connectivity index (χ3v) is 3.50. The van der Waals surface area contributed by atoms with E-state index < -0.39 is 6.10 Å². The zero-order chi connectivity index (χ0) is 11.7. The van der Waals surface area contributed by atoms with Gasteiger partial charge in [-0.25, -0.2) is 0 Å². The molecule has 1 unspecified atom stereocenters. The first-order valence-corrected chi connectivity index (χ1v) is 6.17. The van der Waals surface area contributed by atoms with E-state index in [-0.39, 0.29) is 5.91 Å². The van der Waals surface area contributed by atoms with E-state index in [1.54, 1.807) is 23.1 Å². The van der Waals surface area contributed by atoms with Gasteiger partial charge in [0.1, 0.15) is 0 Å². The van der Waals surface area contributed by atoms with Crippen molar-refractivity contribution in [3.05, 3.63) is 33.3 Å². The van der Waals surface area contributed by atoms with Crippen LogP contribution >= 0.6 is 27.5 Å². The van der Waals surface area contributed by atoms with Crippen LogP contribution in [0.2, 0.25) is 5.02 Å². The molecule has 0 radical (unpaired) electrons. The average Bonchev–Trinajstić information content (AvgIpc) is 2.64. The summed E-state index contributed by atoms with van der Waals surface area (Å²) in [5.74, 6) is -0.0694. The lowest BCUT2D eigenvalue weighted by atomic mass is 10.2. The topological polar surface area (TPSA) is 40.5 Å². The molecular weight excluding hydrogens is 293 g/mol. The van der Waals surface area contributed by atoms with Crippen LogP contribution in [0.3, 0.4) is 0 Å². The number of likely N-dealkylation sites (tertiary alicyclic amines) is 1. The van der Waals surface area contributed by atoms with Gasteiger partial charge in [0.15, 0.2) is 0 Å². The van der Waals surface area contributed by atoms with Gasteiger partial charge in [0.05, 0.1) is 11.7 Å². The molecule has 0 bridgehead atoms. The number of rotatable bonds is 1. The highest BCUT2D eigenvalue weighted by atomic mass is 79.9. The van der Waals surface area contributed by atoms with Crippen LogP contribution in [0.5, 0.6) is 0 Å². The highest BCUT2D eigenvalue weighted by Crippen LogP contribution is 2.24. The standard InChI is InChI=1S/C11H11BrClNO2/c12-10-5-7(13)1-2-9(10)11(16)14-4-3-8(15)6-14/h1-2,5,8,15H,3-4,6H2. The van der Waals surface area contributed by atoms with Gasteiger partial charge >= 0.3 is 0 Å². The number of hydrogen-bond acceptors (Lipinski definition) is 2. The molecule has 1 heterocycles. The fraction of sp³-hybridized carbons (Fsp3) is 0.364. The molecule has 1 fully saturated rings. The number of β-amino-alcohol motifs (C(OH)–C–C–N with tert-alkyl or cyclic N) is 1. The molecule has 86 valence electrons. The van der Waals surface area contributed by atoms with Crippen LogP contribution in [0.1, 0.15) is 16.8 Å². The average molecular weight is 305 g/mol. The molecule has 0 aromatic heterocycles. The first-order chi connectivity index (χ1) is 7.58. The summed E-state index contributed by atoms with van der Waals surface area (Å²) >= 11 is 9.13. The van der Waals surface area contributed by atoms with E-state index in [2.05, 4.69) is 15.9 Å². The molecule has 1 aromatic rings. The van der Waals surface area contributed by atoms with Crippen LogP contribution in [0.4, 0.5) is 0 Å². The van der Waals surface area contributed by atoms with E-state index in [0.29, 0.717) is 34.6 Å². The summed E-state index contributed by atoms with van der Waals surface area (Å²) in [6, 6.07) is 5.08. The number of aliphatic hydroxyl groups excluding tert-OH is 1. The van der Waals surface area contributed by atoms with Crippen LogP contribution in [-0.4, -0.2) is 35.1 Å². The second-order valence-corrected chi connectivity index (χ2v) is 5.11. The van der Waals surface area contributed by atoms with E-state index in [1.165, 1.54) is 0 Å². The molecule has 3 nitrogen and oxygen atoms in total. The van der Waals surface area contributed by atoms with Gasteiger partial charge in [-0.05, 0) is 40.5 Å². The Morgan fingerprint density at radius 1 is 1.56 bits per heavy atom. The lowest BCUT2D eigenvalue weighted by molar-refractivity contribution is 0.0764. The quantitative estimate of drug-likeness (QED) is 0.865. The Morgan fingerprint density at radius 3 is 2.88 bits per heavy atom. The van der Waals surface area contributed by atoms with E-state index >= 15 is 0 Å². The smallest absolute Gasteiger partial charge is 0.255 e. The minimum absolute atomic E-state index is 0.0694. The van der Waals surface area contributed by atoms with Gasteiger partial charge in [0.25, 0.3) is 5.91 Å². The second-order valence-electron chi connectivity index (χ2n) is 3.82. The molecule has 0 spiro atoms. The molecule has 1 amide bonds. The fourth-order valence-corrected chi connectivity index (χ4v) is 2.61. The lowest BCUT2D eigenvalue weighted by Crippen LogP contribution is -2.29. The number of nitrogens with zero attached hydrogens (tertiary/aromatic N) is 1. The summed E-state index contributed by atoms with van der Waals surface area (Å²) in [5.41, 5.74) is 0.582. The molecule has 1 aromatic carbocycles. The summed E-state index contributed by atoms with van der Waals surface area (Å²) in [5, 5.41) is 9.97. The maximum Gasteiger partial charge on any atom is 0.255 e. The molecule has 0 aliphatic carbocycles. The first-order valence-electron chi connectivity index (χ1n) is 5.00. The van der Waals surface area contributed by atoms with E-state index in [4.69, 9.17) is 11.6 Å². The van der Waals surface area contributed by atoms with Crippen molar-refractivity contribution in [2.75, 3.05) is 13.1 Å². The largest absolute Gasteiger partial charge is 0.391 e. The Bertz CT molecular complexity index is 424. The molecule has 16 heavy (non-hydrogen) atoms. The summed E-state index contributed by atoms with van der Waals surface area (Å²) < 4.78 is 0.686. The Balaban J connectivity index is 2.21. The van der Waals surface area contributed by atoms with Crippen molar-refractivity contribution in [2.45, 2.75) is 12.5 Å². The molecule has 2 rings (SSSR count). The lowest BCUT2D eigenvalue weighted by Gasteiger charge is -2.16. The predicted molar refractivity (Wildman–Crippen MR) is 65.7 cm³/mol. The minimum Gasteiger partial charge on any atom is -0.391 e. The summed E-state index contributed by atoms with van der Waals surface area (Å²) in [4.78, 5) is 13.7. The first kappa shape index (κ1) is 11.9. The van der Waals surface area contributed by atoms with Gasteiger partial charge in [0.2, 0.25) is 0 Å². The number of carbonyl (C=O) groups is 1. The van der Waals surface area contributed by atoms with Crippen molar-refractivity contribution < 1.29 is 9.90 Å². The molecule has 1 saturated heterocycles. The monoisotopic (exact) mass is 303 g/mol. The molecule has 1 aliphatic rings. The highest BCUT2D eigenvalue weighted by Gasteiger charge is 2.26. The van der Waals surface area contributed by atoms with Gasteiger partial charge in [-0.2, -0.15) is 0 Å². The normalized spacial score (nSPS) is 20.2. The van der Waals surface area contributed by atoms with E-state index in [1.807, 2.05) is 0 Å². The van der Waals surface area contributed by atoms with Gasteiger partial charge in [-0.15, -0.1) is 0 Å². The number of benzene rings is 1. The van der Waals surface area contributed by atoms with Gasteiger partial charge in [-0.1, -0.05) is 11.6 Å². The van der Waals surface area contributed by atoms with Crippen molar-refractivity contribution in [1.82, 2.24) is 4.90 Å². The third-order valence-electron chi connectivity index (χ3n) is 2.61. The Labute approximate surface area is 107 Å². The zero-order valence-electron chi connectivity index (χ0n) is 8.49. The van der Waals surface area contributed by atoms with Gasteiger partial charge < -0.3 is 10.0 Å². The predicted octanol–water partition coefficient (Wildman–Crippen LogP) is 2.31. The van der Waals surface area contributed by atoms with E-state index in [9.17, 15) is 9.90 Å². The second kappa shape index (κ2) is 4.73. The van der Waals surface area contributed by atoms with Crippen molar-refractivity contribution in [3.63, 3.8) is 0 Å². The SMILES string of the molecule is O=C(c1ccc(Cl)cc1Br)N1CCC(O)C1. The van der Waals surface area contributed by atoms with Crippen LogP contribution in [-0.2, 0) is 0 Å². The van der Waals surface area contributed by atoms with E-state index in [0.717, 1.165) is 0 Å². The molecule has 1 atom stereocenters. The van der Waals surface area contributed by atoms with Crippen LogP contribution in [0.15, 0.2) is 22.7 Å². The third kappa shape index (κ3) is 2.39. The highest BCUT2D eigenvalue weighted by molar-refractivity contribution is 9.10. The number of carbonyl (C=O) groups excluding carboxylic acids is 1. The summed E-state index contributed by atoms with van der Waals surface area (Å²) in [6.45, 7) is 1.02. The number of hydrogen-bond donors (Lipinski definition) is 1. The fourth-order valence-electron chi connectivity index (χ4n) is 1.76. The Hall–Kier alpha value is -0.580.